The number of aromatic nitrogens is 3. The molecular formula is C23H28N6O3. The molecule has 2 amide bonds. The van der Waals surface area contributed by atoms with E-state index in [2.05, 4.69) is 20.2 Å². The molecule has 2 atom stereocenters. The van der Waals surface area contributed by atoms with Crippen LogP contribution in [0.2, 0.25) is 0 Å². The van der Waals surface area contributed by atoms with Gasteiger partial charge in [0, 0.05) is 69.7 Å². The van der Waals surface area contributed by atoms with Gasteiger partial charge in [-0.25, -0.2) is 4.98 Å². The van der Waals surface area contributed by atoms with Crippen LogP contribution in [-0.2, 0) is 11.3 Å². The molecule has 9 nitrogen and oxygen atoms in total. The van der Waals surface area contributed by atoms with Crippen LogP contribution in [0.5, 0.6) is 0 Å². The zero-order valence-electron chi connectivity index (χ0n) is 18.2. The first-order valence-electron chi connectivity index (χ1n) is 11.3. The maximum Gasteiger partial charge on any atom is 0.276 e. The molecule has 2 saturated heterocycles. The average molecular weight is 437 g/mol. The van der Waals surface area contributed by atoms with Crippen molar-refractivity contribution in [2.24, 2.45) is 5.92 Å². The SMILES string of the molecule is CC(=O)N1CCC(N2C[C@@H]3C[C@H](C2)c2ccc(NC(=O)c4cnccn4)c(=O)n2C3)CC1. The number of anilines is 1. The van der Waals surface area contributed by atoms with Gasteiger partial charge in [0.25, 0.3) is 11.5 Å². The van der Waals surface area contributed by atoms with Gasteiger partial charge >= 0.3 is 0 Å². The molecule has 9 heteroatoms. The van der Waals surface area contributed by atoms with Crippen molar-refractivity contribution in [3.05, 3.63) is 52.5 Å². The molecule has 0 spiro atoms. The van der Waals surface area contributed by atoms with Crippen molar-refractivity contribution in [2.45, 2.75) is 44.7 Å². The first kappa shape index (κ1) is 20.8. The summed E-state index contributed by atoms with van der Waals surface area (Å²) in [6.07, 6.45) is 7.45. The fourth-order valence-corrected chi connectivity index (χ4v) is 5.52. The van der Waals surface area contributed by atoms with Gasteiger partial charge in [-0.3, -0.25) is 24.3 Å². The number of rotatable bonds is 3. The van der Waals surface area contributed by atoms with Gasteiger partial charge in [0.05, 0.1) is 6.20 Å². The normalized spacial score (nSPS) is 23.5. The highest BCUT2D eigenvalue weighted by Crippen LogP contribution is 2.37. The molecule has 5 heterocycles. The van der Waals surface area contributed by atoms with Crippen LogP contribution in [0.3, 0.4) is 0 Å². The predicted octanol–water partition coefficient (Wildman–Crippen LogP) is 1.32. The van der Waals surface area contributed by atoms with Crippen LogP contribution in [0.25, 0.3) is 0 Å². The minimum Gasteiger partial charge on any atom is -0.343 e. The number of fused-ring (bicyclic) bond motifs is 4. The summed E-state index contributed by atoms with van der Waals surface area (Å²) < 4.78 is 1.85. The van der Waals surface area contributed by atoms with Crippen molar-refractivity contribution in [1.29, 1.82) is 0 Å². The number of carbonyl (C=O) groups excluding carboxylic acids is 2. The van der Waals surface area contributed by atoms with Crippen LogP contribution < -0.4 is 10.9 Å². The molecule has 2 fully saturated rings. The van der Waals surface area contributed by atoms with Crippen LogP contribution in [0.1, 0.15) is 48.3 Å². The molecular weight excluding hydrogens is 408 g/mol. The molecule has 0 saturated carbocycles. The Labute approximate surface area is 186 Å². The van der Waals surface area contributed by atoms with Gasteiger partial charge in [-0.05, 0) is 37.3 Å². The Morgan fingerprint density at radius 3 is 2.62 bits per heavy atom. The van der Waals surface area contributed by atoms with Crippen molar-refractivity contribution in [2.75, 3.05) is 31.5 Å². The molecule has 1 N–H and O–H groups in total. The number of carbonyl (C=O) groups is 2. The van der Waals surface area contributed by atoms with Gasteiger partial charge in [-0.1, -0.05) is 0 Å². The molecule has 2 bridgehead atoms. The monoisotopic (exact) mass is 436 g/mol. The van der Waals surface area contributed by atoms with Crippen molar-refractivity contribution in [3.8, 4) is 0 Å². The van der Waals surface area contributed by atoms with Gasteiger partial charge in [-0.2, -0.15) is 0 Å². The lowest BCUT2D eigenvalue weighted by atomic mass is 9.82. The first-order chi connectivity index (χ1) is 15.5. The van der Waals surface area contributed by atoms with E-state index in [0.29, 0.717) is 24.4 Å². The van der Waals surface area contributed by atoms with Gasteiger partial charge in [0.15, 0.2) is 0 Å². The van der Waals surface area contributed by atoms with Gasteiger partial charge in [0.2, 0.25) is 5.91 Å². The minimum absolute atomic E-state index is 0.155. The molecule has 0 radical (unpaired) electrons. The Balaban J connectivity index is 1.31. The Kier molecular flexibility index (Phi) is 5.50. The number of hydrogen-bond acceptors (Lipinski definition) is 6. The van der Waals surface area contributed by atoms with Crippen LogP contribution >= 0.6 is 0 Å². The van der Waals surface area contributed by atoms with Crippen LogP contribution in [0.4, 0.5) is 5.69 Å². The average Bonchev–Trinajstić information content (AvgIpc) is 2.81. The highest BCUT2D eigenvalue weighted by molar-refractivity contribution is 6.02. The number of nitrogens with zero attached hydrogens (tertiary/aromatic N) is 5. The quantitative estimate of drug-likeness (QED) is 0.779. The van der Waals surface area contributed by atoms with Gasteiger partial charge < -0.3 is 14.8 Å². The number of piperidine rings is 2. The topological polar surface area (TPSA) is 100 Å². The van der Waals surface area contributed by atoms with E-state index in [1.807, 2.05) is 15.5 Å². The third-order valence-electron chi connectivity index (χ3n) is 7.10. The predicted molar refractivity (Wildman–Crippen MR) is 118 cm³/mol. The van der Waals surface area contributed by atoms with Crippen LogP contribution in [-0.4, -0.2) is 68.4 Å². The minimum atomic E-state index is -0.435. The number of pyridine rings is 1. The van der Waals surface area contributed by atoms with E-state index in [1.165, 1.54) is 18.6 Å². The molecule has 2 aromatic rings. The standard InChI is InChI=1S/C23H28N6O3/c1-15(30)27-8-4-18(5-9-27)28-12-16-10-17(14-28)21-3-2-19(23(32)29(21)13-16)26-22(31)20-11-24-6-7-25-20/h2-3,6-7,11,16-18H,4-5,8-10,12-14H2,1H3,(H,26,31)/t16-,17+/m0/s1. The maximum atomic E-state index is 13.2. The zero-order valence-corrected chi connectivity index (χ0v) is 18.2. The second kappa shape index (κ2) is 8.46. The highest BCUT2D eigenvalue weighted by atomic mass is 16.2. The maximum absolute atomic E-state index is 13.2. The number of likely N-dealkylation sites (tertiary alicyclic amines) is 2. The van der Waals surface area contributed by atoms with E-state index in [-0.39, 0.29) is 22.8 Å². The number of amides is 2. The van der Waals surface area contributed by atoms with E-state index < -0.39 is 5.91 Å². The fraction of sp³-hybridized carbons (Fsp3) is 0.522. The Morgan fingerprint density at radius 1 is 1.09 bits per heavy atom. The lowest BCUT2D eigenvalue weighted by Crippen LogP contribution is -2.53. The van der Waals surface area contributed by atoms with E-state index in [9.17, 15) is 14.4 Å². The molecule has 32 heavy (non-hydrogen) atoms. The van der Waals surface area contributed by atoms with Gasteiger partial charge in [0.1, 0.15) is 11.4 Å². The summed E-state index contributed by atoms with van der Waals surface area (Å²) in [5.41, 5.74) is 1.35. The summed E-state index contributed by atoms with van der Waals surface area (Å²) in [5.74, 6) is 0.450. The smallest absolute Gasteiger partial charge is 0.276 e. The summed E-state index contributed by atoms with van der Waals surface area (Å²) in [6, 6.07) is 4.20. The van der Waals surface area contributed by atoms with Crippen molar-refractivity contribution in [1.82, 2.24) is 24.3 Å². The molecule has 0 unspecified atom stereocenters. The zero-order chi connectivity index (χ0) is 22.2. The molecule has 3 aliphatic heterocycles. The lowest BCUT2D eigenvalue weighted by molar-refractivity contribution is -0.130. The second-order valence-corrected chi connectivity index (χ2v) is 9.12. The summed E-state index contributed by atoms with van der Waals surface area (Å²) in [5, 5.41) is 2.70. The molecule has 168 valence electrons. The summed E-state index contributed by atoms with van der Waals surface area (Å²) in [6.45, 7) is 5.88. The second-order valence-electron chi connectivity index (χ2n) is 9.12. The van der Waals surface area contributed by atoms with E-state index in [4.69, 9.17) is 0 Å². The third kappa shape index (κ3) is 3.92. The molecule has 3 aliphatic rings. The molecule has 2 aromatic heterocycles. The van der Waals surface area contributed by atoms with E-state index in [0.717, 1.165) is 51.1 Å². The Bertz CT molecular complexity index is 1080. The largest absolute Gasteiger partial charge is 0.343 e. The molecule has 5 rings (SSSR count). The first-order valence-corrected chi connectivity index (χ1v) is 11.3. The summed E-state index contributed by atoms with van der Waals surface area (Å²) >= 11 is 0. The third-order valence-corrected chi connectivity index (χ3v) is 7.10. The Morgan fingerprint density at radius 2 is 1.91 bits per heavy atom. The molecule has 0 aromatic carbocycles. The van der Waals surface area contributed by atoms with Crippen LogP contribution in [0, 0.1) is 5.92 Å². The highest BCUT2D eigenvalue weighted by Gasteiger charge is 2.38. The lowest BCUT2D eigenvalue weighted by Gasteiger charge is -2.47. The van der Waals surface area contributed by atoms with E-state index >= 15 is 0 Å². The van der Waals surface area contributed by atoms with Crippen molar-refractivity contribution < 1.29 is 9.59 Å². The van der Waals surface area contributed by atoms with E-state index in [1.54, 1.807) is 13.0 Å². The number of hydrogen-bond donors (Lipinski definition) is 1. The number of nitrogens with one attached hydrogen (secondary N) is 1. The van der Waals surface area contributed by atoms with Crippen LogP contribution in [0.15, 0.2) is 35.5 Å². The summed E-state index contributed by atoms with van der Waals surface area (Å²) in [4.78, 5) is 49.6. The molecule has 0 aliphatic carbocycles. The summed E-state index contributed by atoms with van der Waals surface area (Å²) in [7, 11) is 0. The van der Waals surface area contributed by atoms with Crippen molar-refractivity contribution >= 4 is 17.5 Å². The van der Waals surface area contributed by atoms with Gasteiger partial charge in [-0.15, -0.1) is 0 Å². The fourth-order valence-electron chi connectivity index (χ4n) is 5.52. The van der Waals surface area contributed by atoms with Crippen molar-refractivity contribution in [3.63, 3.8) is 0 Å². The Hall–Kier alpha value is -3.07.